The fourth-order valence-corrected chi connectivity index (χ4v) is 10.1. The van der Waals surface area contributed by atoms with Gasteiger partial charge in [-0.3, -0.25) is 9.20 Å². The van der Waals surface area contributed by atoms with Crippen LogP contribution in [0.4, 0.5) is 0 Å². The van der Waals surface area contributed by atoms with Crippen LogP contribution < -0.4 is 5.56 Å². The predicted molar refractivity (Wildman–Crippen MR) is 205 cm³/mol. The number of thiazole rings is 1. The van der Waals surface area contributed by atoms with Gasteiger partial charge in [0.1, 0.15) is 5.69 Å². The van der Waals surface area contributed by atoms with E-state index >= 15 is 0 Å². The minimum absolute atomic E-state index is 0.241. The van der Waals surface area contributed by atoms with E-state index in [4.69, 9.17) is 4.98 Å². The van der Waals surface area contributed by atoms with Crippen LogP contribution in [0.15, 0.2) is 144 Å². The summed E-state index contributed by atoms with van der Waals surface area (Å²) in [6.07, 6.45) is 0. The molecule has 4 nitrogen and oxygen atoms in total. The molecule has 0 aliphatic rings. The molecule has 0 saturated carbocycles. The molecule has 0 saturated heterocycles. The van der Waals surface area contributed by atoms with E-state index in [0.717, 1.165) is 48.7 Å². The van der Waals surface area contributed by atoms with E-state index in [2.05, 4.69) is 130 Å². The maximum Gasteiger partial charge on any atom is 0.298 e. The third kappa shape index (κ3) is 3.43. The minimum Gasteiger partial charge on any atom is -0.301 e. The molecule has 48 heavy (non-hydrogen) atoms. The van der Waals surface area contributed by atoms with Gasteiger partial charge in [0, 0.05) is 31.8 Å². The topological polar surface area (TPSA) is 39.3 Å². The summed E-state index contributed by atoms with van der Waals surface area (Å²) in [4.78, 5) is 20.3. The van der Waals surface area contributed by atoms with Gasteiger partial charge in [-0.15, -0.1) is 11.3 Å². The van der Waals surface area contributed by atoms with Crippen LogP contribution >= 0.6 is 22.7 Å². The first kappa shape index (κ1) is 26.3. The van der Waals surface area contributed by atoms with Gasteiger partial charge in [0.05, 0.1) is 31.6 Å². The number of para-hydroxylation sites is 1. The Hall–Kier alpha value is -5.82. The van der Waals surface area contributed by atoms with Gasteiger partial charge in [-0.2, -0.15) is 4.98 Å². The van der Waals surface area contributed by atoms with E-state index in [0.29, 0.717) is 10.6 Å². The minimum atomic E-state index is -0.241. The van der Waals surface area contributed by atoms with Crippen LogP contribution in [0.25, 0.3) is 95.6 Å². The highest BCUT2D eigenvalue weighted by molar-refractivity contribution is 7.27. The Balaban J connectivity index is 1.43. The highest BCUT2D eigenvalue weighted by Crippen LogP contribution is 2.48. The molecule has 0 radical (unpaired) electrons. The normalized spacial score (nSPS) is 12.2. The zero-order chi connectivity index (χ0) is 31.5. The third-order valence-electron chi connectivity index (χ3n) is 9.73. The lowest BCUT2D eigenvalue weighted by Gasteiger charge is -2.16. The van der Waals surface area contributed by atoms with E-state index in [1.807, 2.05) is 18.2 Å². The fraction of sp³-hybridized carbons (Fsp3) is 0. The van der Waals surface area contributed by atoms with Gasteiger partial charge >= 0.3 is 0 Å². The molecule has 7 aromatic carbocycles. The van der Waals surface area contributed by atoms with Crippen molar-refractivity contribution < 1.29 is 0 Å². The molecule has 0 bridgehead atoms. The number of benzene rings is 7. The number of hydrogen-bond acceptors (Lipinski definition) is 4. The molecule has 0 amide bonds. The number of hydrogen-bond donors (Lipinski definition) is 0. The van der Waals surface area contributed by atoms with Crippen LogP contribution in [-0.2, 0) is 0 Å². The summed E-state index contributed by atoms with van der Waals surface area (Å²) >= 11 is 3.36. The maximum absolute atomic E-state index is 14.8. The molecule has 0 atom stereocenters. The first-order chi connectivity index (χ1) is 23.7. The summed E-state index contributed by atoms with van der Waals surface area (Å²) in [5, 5.41) is 9.47. The smallest absolute Gasteiger partial charge is 0.298 e. The van der Waals surface area contributed by atoms with Crippen LogP contribution in [0.3, 0.4) is 0 Å². The number of nitrogens with zero attached hydrogens (tertiary/aromatic N) is 3. The highest BCUT2D eigenvalue weighted by Gasteiger charge is 2.27. The molecular formula is C42H23N3OS2. The quantitative estimate of drug-likeness (QED) is 0.187. The molecule has 11 aromatic rings. The second kappa shape index (κ2) is 9.61. The Morgan fingerprint density at radius 1 is 0.542 bits per heavy atom. The lowest BCUT2D eigenvalue weighted by atomic mass is 9.99. The van der Waals surface area contributed by atoms with Crippen LogP contribution in [0.1, 0.15) is 0 Å². The fourth-order valence-electron chi connectivity index (χ4n) is 7.77. The standard InChI is InChI=1S/C42H23N3OS2/c46-41-39(37(24-12-2-1-3-13-24)45-32-22-25-14-4-5-15-26(25)23-34(32)48-42(45)43-41)44-31-20-10-8-18-29(31)35-27-16-6-7-17-28(27)36-30-19-9-11-21-33(30)47-40(36)38(35)44/h1-23H. The van der Waals surface area contributed by atoms with Crippen molar-refractivity contribution in [3.63, 3.8) is 0 Å². The zero-order valence-electron chi connectivity index (χ0n) is 25.3. The molecule has 0 fully saturated rings. The summed E-state index contributed by atoms with van der Waals surface area (Å²) in [7, 11) is 0. The molecule has 0 N–H and O–H groups in total. The van der Waals surface area contributed by atoms with Crippen molar-refractivity contribution >= 4 is 101 Å². The van der Waals surface area contributed by atoms with Crippen molar-refractivity contribution in [2.45, 2.75) is 0 Å². The second-order valence-corrected chi connectivity index (χ2v) is 14.4. The molecular weight excluding hydrogens is 627 g/mol. The van der Waals surface area contributed by atoms with Crippen molar-refractivity contribution in [1.29, 1.82) is 0 Å². The molecule has 0 spiro atoms. The van der Waals surface area contributed by atoms with E-state index in [9.17, 15) is 4.79 Å². The van der Waals surface area contributed by atoms with Crippen molar-refractivity contribution in [2.24, 2.45) is 0 Å². The average molecular weight is 650 g/mol. The summed E-state index contributed by atoms with van der Waals surface area (Å²) < 4.78 is 7.93. The van der Waals surface area contributed by atoms with Crippen LogP contribution in [-0.4, -0.2) is 14.0 Å². The molecule has 0 aliphatic carbocycles. The van der Waals surface area contributed by atoms with Gasteiger partial charge in [-0.1, -0.05) is 127 Å². The molecule has 224 valence electrons. The molecule has 6 heteroatoms. The van der Waals surface area contributed by atoms with Gasteiger partial charge in [0.15, 0.2) is 4.96 Å². The van der Waals surface area contributed by atoms with Crippen LogP contribution in [0.2, 0.25) is 0 Å². The predicted octanol–water partition coefficient (Wildman–Crippen LogP) is 11.3. The lowest BCUT2D eigenvalue weighted by Crippen LogP contribution is -2.19. The van der Waals surface area contributed by atoms with Gasteiger partial charge in [0.25, 0.3) is 5.56 Å². The average Bonchev–Trinajstić information content (AvgIpc) is 3.80. The molecule has 0 aliphatic heterocycles. The van der Waals surface area contributed by atoms with E-state index in [1.165, 1.54) is 36.3 Å². The highest BCUT2D eigenvalue weighted by atomic mass is 32.1. The van der Waals surface area contributed by atoms with Gasteiger partial charge < -0.3 is 4.57 Å². The SMILES string of the molecule is O=c1nc2sc3cc4ccccc4cc3n2c(-c2ccccc2)c1-n1c2ccccc2c2c3ccccc3c3c4ccccc4sc3c21. The lowest BCUT2D eigenvalue weighted by molar-refractivity contribution is 1.06. The zero-order valence-corrected chi connectivity index (χ0v) is 27.0. The van der Waals surface area contributed by atoms with Crippen LogP contribution in [0.5, 0.6) is 0 Å². The number of rotatable bonds is 2. The Kier molecular flexibility index (Phi) is 5.26. The largest absolute Gasteiger partial charge is 0.301 e. The van der Waals surface area contributed by atoms with Gasteiger partial charge in [0.2, 0.25) is 0 Å². The Labute approximate surface area is 281 Å². The number of aromatic nitrogens is 3. The Bertz CT molecular complexity index is 3200. The summed E-state index contributed by atoms with van der Waals surface area (Å²) in [5.41, 5.74) is 5.21. The third-order valence-corrected chi connectivity index (χ3v) is 11.9. The molecule has 11 rings (SSSR count). The molecule has 4 aromatic heterocycles. The van der Waals surface area contributed by atoms with Crippen molar-refractivity contribution in [3.8, 4) is 16.9 Å². The Morgan fingerprint density at radius 2 is 1.19 bits per heavy atom. The maximum atomic E-state index is 14.8. The van der Waals surface area contributed by atoms with E-state index in [-0.39, 0.29) is 5.56 Å². The van der Waals surface area contributed by atoms with E-state index in [1.54, 1.807) is 22.7 Å². The summed E-state index contributed by atoms with van der Waals surface area (Å²) in [6, 6.07) is 49.1. The van der Waals surface area contributed by atoms with E-state index < -0.39 is 0 Å². The summed E-state index contributed by atoms with van der Waals surface area (Å²) in [5.74, 6) is 0. The van der Waals surface area contributed by atoms with Crippen LogP contribution in [0, 0.1) is 0 Å². The van der Waals surface area contributed by atoms with Crippen molar-refractivity contribution in [2.75, 3.05) is 0 Å². The summed E-state index contributed by atoms with van der Waals surface area (Å²) in [6.45, 7) is 0. The Morgan fingerprint density at radius 3 is 2.00 bits per heavy atom. The first-order valence-corrected chi connectivity index (χ1v) is 17.6. The first-order valence-electron chi connectivity index (χ1n) is 15.9. The monoisotopic (exact) mass is 649 g/mol. The van der Waals surface area contributed by atoms with Crippen molar-refractivity contribution in [3.05, 3.63) is 150 Å². The number of fused-ring (bicyclic) bond motifs is 14. The molecule has 0 unspecified atom stereocenters. The number of thiophene rings is 1. The van der Waals surface area contributed by atoms with Crippen molar-refractivity contribution in [1.82, 2.24) is 14.0 Å². The van der Waals surface area contributed by atoms with Gasteiger partial charge in [-0.05, 0) is 45.8 Å². The second-order valence-electron chi connectivity index (χ2n) is 12.3. The van der Waals surface area contributed by atoms with Gasteiger partial charge in [-0.25, -0.2) is 0 Å². The molecule has 4 heterocycles.